The molecule has 0 aliphatic rings. The molecule has 0 bridgehead atoms. The summed E-state index contributed by atoms with van der Waals surface area (Å²) < 4.78 is 9.82. The topological polar surface area (TPSA) is 84.6 Å². The highest BCUT2D eigenvalue weighted by Crippen LogP contribution is 2.12. The third-order valence-electron chi connectivity index (χ3n) is 2.49. The lowest BCUT2D eigenvalue weighted by molar-refractivity contribution is 0.0893. The first-order valence-electron chi connectivity index (χ1n) is 5.43. The van der Waals surface area contributed by atoms with E-state index in [9.17, 15) is 4.79 Å². The Kier molecular flexibility index (Phi) is 5.11. The van der Waals surface area contributed by atoms with Crippen molar-refractivity contribution in [2.24, 2.45) is 0 Å². The lowest BCUT2D eigenvalue weighted by Gasteiger charge is -2.15. The normalized spacial score (nSPS) is 12.5. The zero-order valence-electron chi connectivity index (χ0n) is 10.3. The lowest BCUT2D eigenvalue weighted by Crippen LogP contribution is -2.38. The molecule has 96 valence electrons. The van der Waals surface area contributed by atoms with E-state index in [1.54, 1.807) is 21.0 Å². The summed E-state index contributed by atoms with van der Waals surface area (Å²) in [4.78, 5) is 11.9. The number of aryl methyl sites for hydroxylation is 2. The number of rotatable bonds is 6. The number of nitrogens with zero attached hydrogens (tertiary/aromatic N) is 1. The van der Waals surface area contributed by atoms with Gasteiger partial charge in [0.2, 0.25) is 0 Å². The average Bonchev–Trinajstić information content (AvgIpc) is 2.64. The molecule has 6 nitrogen and oxygen atoms in total. The molecular formula is C11H18N2O4. The third kappa shape index (κ3) is 3.54. The molecule has 1 aromatic rings. The van der Waals surface area contributed by atoms with Crippen LogP contribution >= 0.6 is 0 Å². The van der Waals surface area contributed by atoms with Crippen molar-refractivity contribution in [2.45, 2.75) is 26.3 Å². The smallest absolute Gasteiger partial charge is 0.257 e. The molecule has 1 unspecified atom stereocenters. The van der Waals surface area contributed by atoms with Crippen LogP contribution in [0, 0.1) is 13.8 Å². The van der Waals surface area contributed by atoms with Crippen LogP contribution in [0.3, 0.4) is 0 Å². The third-order valence-corrected chi connectivity index (χ3v) is 2.49. The van der Waals surface area contributed by atoms with Crippen LogP contribution in [0.4, 0.5) is 0 Å². The van der Waals surface area contributed by atoms with E-state index in [2.05, 4.69) is 10.5 Å². The Hall–Kier alpha value is -1.40. The number of aliphatic hydroxyl groups excluding tert-OH is 1. The first-order valence-corrected chi connectivity index (χ1v) is 5.43. The number of carbonyl (C=O) groups is 1. The van der Waals surface area contributed by atoms with Crippen LogP contribution in [-0.2, 0) is 4.74 Å². The largest absolute Gasteiger partial charge is 0.394 e. The zero-order chi connectivity index (χ0) is 12.8. The molecule has 1 atom stereocenters. The summed E-state index contributed by atoms with van der Waals surface area (Å²) in [5, 5.41) is 15.6. The predicted octanol–water partition coefficient (Wildman–Crippen LogP) is 0.419. The van der Waals surface area contributed by atoms with Crippen molar-refractivity contribution in [1.82, 2.24) is 10.5 Å². The monoisotopic (exact) mass is 242 g/mol. The van der Waals surface area contributed by atoms with E-state index in [1.807, 2.05) is 0 Å². The molecule has 1 amide bonds. The Bertz CT molecular complexity index is 356. The summed E-state index contributed by atoms with van der Waals surface area (Å²) in [6.07, 6.45) is 0.558. The Morgan fingerprint density at radius 1 is 1.59 bits per heavy atom. The molecule has 0 aliphatic heterocycles. The summed E-state index contributed by atoms with van der Waals surface area (Å²) in [5.41, 5.74) is 0.976. The van der Waals surface area contributed by atoms with Gasteiger partial charge in [-0.15, -0.1) is 0 Å². The predicted molar refractivity (Wildman–Crippen MR) is 60.8 cm³/mol. The van der Waals surface area contributed by atoms with Crippen LogP contribution in [0.25, 0.3) is 0 Å². The van der Waals surface area contributed by atoms with E-state index in [4.69, 9.17) is 14.4 Å². The summed E-state index contributed by atoms with van der Waals surface area (Å²) in [6.45, 7) is 3.73. The van der Waals surface area contributed by atoms with Crippen molar-refractivity contribution in [3.8, 4) is 0 Å². The Morgan fingerprint density at radius 2 is 2.29 bits per heavy atom. The standard InChI is InChI=1S/C11H18N2O4/c1-7-10(8(2)17-13-7)11(15)12-9(6-14)4-5-16-3/h9,14H,4-6H2,1-3H3,(H,12,15). The minimum absolute atomic E-state index is 0.127. The molecular weight excluding hydrogens is 224 g/mol. The Labute approximate surface area is 99.9 Å². The van der Waals surface area contributed by atoms with Crippen LogP contribution < -0.4 is 5.32 Å². The van der Waals surface area contributed by atoms with Crippen LogP contribution in [0.2, 0.25) is 0 Å². The SMILES string of the molecule is COCCC(CO)NC(=O)c1c(C)noc1C. The van der Waals surface area contributed by atoms with E-state index >= 15 is 0 Å². The first-order chi connectivity index (χ1) is 8.10. The quantitative estimate of drug-likeness (QED) is 0.755. The Balaban J connectivity index is 2.64. The van der Waals surface area contributed by atoms with Gasteiger partial charge in [-0.05, 0) is 20.3 Å². The zero-order valence-corrected chi connectivity index (χ0v) is 10.3. The van der Waals surface area contributed by atoms with E-state index in [0.717, 1.165) is 0 Å². The summed E-state index contributed by atoms with van der Waals surface area (Å²) in [7, 11) is 1.57. The van der Waals surface area contributed by atoms with Gasteiger partial charge in [-0.2, -0.15) is 0 Å². The summed E-state index contributed by atoms with van der Waals surface area (Å²) >= 11 is 0. The number of aromatic nitrogens is 1. The molecule has 1 heterocycles. The first kappa shape index (κ1) is 13.7. The van der Waals surface area contributed by atoms with Gasteiger partial charge in [0.25, 0.3) is 5.91 Å². The van der Waals surface area contributed by atoms with Gasteiger partial charge in [0.1, 0.15) is 11.3 Å². The molecule has 0 aliphatic carbocycles. The van der Waals surface area contributed by atoms with Crippen molar-refractivity contribution in [3.63, 3.8) is 0 Å². The van der Waals surface area contributed by atoms with E-state index in [0.29, 0.717) is 30.0 Å². The minimum Gasteiger partial charge on any atom is -0.394 e. The van der Waals surface area contributed by atoms with Crippen LogP contribution in [0.1, 0.15) is 28.2 Å². The number of hydrogen-bond donors (Lipinski definition) is 2. The molecule has 0 saturated carbocycles. The van der Waals surface area contributed by atoms with Crippen molar-refractivity contribution in [3.05, 3.63) is 17.0 Å². The van der Waals surface area contributed by atoms with E-state index in [1.165, 1.54) is 0 Å². The fourth-order valence-electron chi connectivity index (χ4n) is 1.53. The summed E-state index contributed by atoms with van der Waals surface area (Å²) in [6, 6.07) is -0.323. The number of aliphatic hydroxyl groups is 1. The van der Waals surface area contributed by atoms with Crippen molar-refractivity contribution >= 4 is 5.91 Å². The van der Waals surface area contributed by atoms with E-state index < -0.39 is 0 Å². The fraction of sp³-hybridized carbons (Fsp3) is 0.636. The molecule has 1 rings (SSSR count). The van der Waals surface area contributed by atoms with Gasteiger partial charge in [0, 0.05) is 13.7 Å². The fourth-order valence-corrected chi connectivity index (χ4v) is 1.53. The van der Waals surface area contributed by atoms with Crippen LogP contribution in [0.5, 0.6) is 0 Å². The maximum Gasteiger partial charge on any atom is 0.257 e. The maximum atomic E-state index is 11.9. The Morgan fingerprint density at radius 3 is 2.76 bits per heavy atom. The minimum atomic E-state index is -0.323. The number of methoxy groups -OCH3 is 1. The number of nitrogens with one attached hydrogen (secondary N) is 1. The number of hydrogen-bond acceptors (Lipinski definition) is 5. The molecule has 17 heavy (non-hydrogen) atoms. The van der Waals surface area contributed by atoms with Crippen molar-refractivity contribution < 1.29 is 19.2 Å². The number of ether oxygens (including phenoxy) is 1. The van der Waals surface area contributed by atoms with Gasteiger partial charge >= 0.3 is 0 Å². The second-order valence-corrected chi connectivity index (χ2v) is 3.83. The van der Waals surface area contributed by atoms with Crippen molar-refractivity contribution in [1.29, 1.82) is 0 Å². The highest BCUT2D eigenvalue weighted by Gasteiger charge is 2.20. The molecule has 0 saturated heterocycles. The highest BCUT2D eigenvalue weighted by molar-refractivity contribution is 5.96. The maximum absolute atomic E-state index is 11.9. The molecule has 0 radical (unpaired) electrons. The van der Waals surface area contributed by atoms with Gasteiger partial charge in [0.05, 0.1) is 18.3 Å². The lowest BCUT2D eigenvalue weighted by atomic mass is 10.1. The van der Waals surface area contributed by atoms with Gasteiger partial charge < -0.3 is 19.7 Å². The van der Waals surface area contributed by atoms with Gasteiger partial charge in [-0.3, -0.25) is 4.79 Å². The van der Waals surface area contributed by atoms with Crippen LogP contribution in [0.15, 0.2) is 4.52 Å². The number of amides is 1. The molecule has 0 fully saturated rings. The van der Waals surface area contributed by atoms with Gasteiger partial charge in [-0.25, -0.2) is 0 Å². The average molecular weight is 242 g/mol. The van der Waals surface area contributed by atoms with Crippen LogP contribution in [-0.4, -0.2) is 42.5 Å². The second-order valence-electron chi connectivity index (χ2n) is 3.83. The molecule has 6 heteroatoms. The number of carbonyl (C=O) groups excluding carboxylic acids is 1. The van der Waals surface area contributed by atoms with Gasteiger partial charge in [-0.1, -0.05) is 5.16 Å². The molecule has 1 aromatic heterocycles. The van der Waals surface area contributed by atoms with Crippen molar-refractivity contribution in [2.75, 3.05) is 20.3 Å². The molecule has 0 aromatic carbocycles. The summed E-state index contributed by atoms with van der Waals surface area (Å²) in [5.74, 6) is 0.194. The van der Waals surface area contributed by atoms with E-state index in [-0.39, 0.29) is 18.6 Å². The molecule has 0 spiro atoms. The second kappa shape index (κ2) is 6.36. The highest BCUT2D eigenvalue weighted by atomic mass is 16.5. The molecule has 2 N–H and O–H groups in total. The van der Waals surface area contributed by atoms with Gasteiger partial charge in [0.15, 0.2) is 0 Å².